The molecule has 0 aliphatic carbocycles. The topological polar surface area (TPSA) is 58.7 Å². The number of azo groups is 1. The predicted molar refractivity (Wildman–Crippen MR) is 116 cm³/mol. The highest BCUT2D eigenvalue weighted by atomic mass is 16.6. The highest BCUT2D eigenvalue weighted by Crippen LogP contribution is 2.27. The van der Waals surface area contributed by atoms with E-state index in [2.05, 4.69) is 26.7 Å². The molecule has 0 amide bonds. The lowest BCUT2D eigenvalue weighted by atomic mass is 10.1. The van der Waals surface area contributed by atoms with Gasteiger partial charge in [-0.2, -0.15) is 10.2 Å². The third-order valence-electron chi connectivity index (χ3n) is 4.58. The van der Waals surface area contributed by atoms with Gasteiger partial charge in [0.1, 0.15) is 0 Å². The van der Waals surface area contributed by atoms with Crippen LogP contribution >= 0.6 is 0 Å². The van der Waals surface area contributed by atoms with E-state index in [0.29, 0.717) is 5.75 Å². The van der Waals surface area contributed by atoms with Crippen LogP contribution in [-0.2, 0) is 0 Å². The molecule has 0 saturated carbocycles. The normalized spacial score (nSPS) is 11.5. The van der Waals surface area contributed by atoms with Crippen LogP contribution in [0.15, 0.2) is 106 Å². The van der Waals surface area contributed by atoms with E-state index in [9.17, 15) is 0 Å². The Balaban J connectivity index is 1.45. The maximum Gasteiger partial charge on any atom is 0.160 e. The fraction of sp³-hybridized carbons (Fsp3) is 0.0833. The van der Waals surface area contributed by atoms with Crippen molar-refractivity contribution < 1.29 is 4.84 Å². The Hall–Kier alpha value is -3.86. The van der Waals surface area contributed by atoms with Gasteiger partial charge in [-0.15, -0.1) is 5.11 Å². The maximum absolute atomic E-state index is 5.44. The number of aryl methyl sites for hydroxylation is 2. The van der Waals surface area contributed by atoms with Crippen molar-refractivity contribution in [3.8, 4) is 5.75 Å². The molecule has 0 spiro atoms. The van der Waals surface area contributed by atoms with Crippen molar-refractivity contribution in [1.82, 2.24) is 0 Å². The Labute approximate surface area is 169 Å². The van der Waals surface area contributed by atoms with E-state index in [1.54, 1.807) is 0 Å². The number of fused-ring (bicyclic) bond motifs is 1. The Morgan fingerprint density at radius 1 is 0.586 bits per heavy atom. The first-order chi connectivity index (χ1) is 14.2. The summed E-state index contributed by atoms with van der Waals surface area (Å²) in [5, 5.41) is 19.0. The van der Waals surface area contributed by atoms with Crippen molar-refractivity contribution in [3.63, 3.8) is 0 Å². The smallest absolute Gasteiger partial charge is 0.160 e. The molecule has 0 aliphatic rings. The van der Waals surface area contributed by atoms with E-state index >= 15 is 0 Å². The van der Waals surface area contributed by atoms with Crippen molar-refractivity contribution in [3.05, 3.63) is 96.1 Å². The fourth-order valence-electron chi connectivity index (χ4n) is 2.94. The SMILES string of the molecule is Cc1cc(N=Nc2ccccc2C)ccc1N=NOc1ccc2ccccc2c1. The summed E-state index contributed by atoms with van der Waals surface area (Å²) < 4.78 is 0. The van der Waals surface area contributed by atoms with Gasteiger partial charge in [-0.25, -0.2) is 0 Å². The van der Waals surface area contributed by atoms with Gasteiger partial charge in [-0.05, 0) is 72.1 Å². The molecule has 0 bridgehead atoms. The van der Waals surface area contributed by atoms with Crippen LogP contribution in [0.3, 0.4) is 0 Å². The molecule has 0 heterocycles. The third-order valence-corrected chi connectivity index (χ3v) is 4.58. The number of benzene rings is 4. The second kappa shape index (κ2) is 8.44. The van der Waals surface area contributed by atoms with Gasteiger partial charge >= 0.3 is 0 Å². The minimum absolute atomic E-state index is 0.647. The molecule has 5 nitrogen and oxygen atoms in total. The highest BCUT2D eigenvalue weighted by Gasteiger charge is 2.01. The Morgan fingerprint density at radius 3 is 2.17 bits per heavy atom. The number of rotatable bonds is 5. The van der Waals surface area contributed by atoms with E-state index in [1.807, 2.05) is 92.7 Å². The van der Waals surface area contributed by atoms with E-state index in [4.69, 9.17) is 4.84 Å². The van der Waals surface area contributed by atoms with Gasteiger partial charge in [0.2, 0.25) is 0 Å². The monoisotopic (exact) mass is 380 g/mol. The third kappa shape index (κ3) is 4.52. The molecule has 0 atom stereocenters. The first kappa shape index (κ1) is 18.5. The van der Waals surface area contributed by atoms with Crippen molar-refractivity contribution in [2.45, 2.75) is 13.8 Å². The standard InChI is InChI=1S/C24H20N4O/c1-17-7-3-6-10-23(17)26-25-21-12-14-24(18(2)15-21)27-28-29-22-13-11-19-8-4-5-9-20(19)16-22/h3-16H,1-2H3. The number of hydrogen-bond donors (Lipinski definition) is 0. The molecule has 0 unspecified atom stereocenters. The van der Waals surface area contributed by atoms with Crippen LogP contribution in [0.5, 0.6) is 5.75 Å². The predicted octanol–water partition coefficient (Wildman–Crippen LogP) is 7.95. The Bertz CT molecular complexity index is 1210. The summed E-state index contributed by atoms with van der Waals surface area (Å²) in [6.07, 6.45) is 0. The van der Waals surface area contributed by atoms with Crippen molar-refractivity contribution in [2.75, 3.05) is 0 Å². The van der Waals surface area contributed by atoms with E-state index in [1.165, 1.54) is 0 Å². The van der Waals surface area contributed by atoms with Crippen LogP contribution in [0.2, 0.25) is 0 Å². The number of nitrogens with zero attached hydrogens (tertiary/aromatic N) is 4. The van der Waals surface area contributed by atoms with Gasteiger partial charge in [-0.3, -0.25) is 0 Å². The van der Waals surface area contributed by atoms with E-state index < -0.39 is 0 Å². The molecule has 4 aromatic carbocycles. The summed E-state index contributed by atoms with van der Waals surface area (Å²) in [6, 6.07) is 27.4. The quantitative estimate of drug-likeness (QED) is 0.256. The van der Waals surface area contributed by atoms with Gasteiger partial charge in [0, 0.05) is 5.28 Å². The average Bonchev–Trinajstić information content (AvgIpc) is 2.74. The van der Waals surface area contributed by atoms with Crippen LogP contribution in [0.25, 0.3) is 10.8 Å². The second-order valence-electron chi connectivity index (χ2n) is 6.74. The van der Waals surface area contributed by atoms with E-state index in [-0.39, 0.29) is 0 Å². The zero-order valence-electron chi connectivity index (χ0n) is 16.3. The Kier molecular flexibility index (Phi) is 5.38. The Morgan fingerprint density at radius 2 is 1.34 bits per heavy atom. The van der Waals surface area contributed by atoms with Gasteiger partial charge in [0.15, 0.2) is 5.75 Å². The molecule has 0 aromatic heterocycles. The fourth-order valence-corrected chi connectivity index (χ4v) is 2.94. The average molecular weight is 380 g/mol. The van der Waals surface area contributed by atoms with Gasteiger partial charge in [0.05, 0.1) is 17.1 Å². The van der Waals surface area contributed by atoms with Crippen molar-refractivity contribution in [2.24, 2.45) is 20.6 Å². The van der Waals surface area contributed by atoms with Crippen LogP contribution in [0, 0.1) is 13.8 Å². The molecule has 142 valence electrons. The van der Waals surface area contributed by atoms with Crippen LogP contribution in [0.1, 0.15) is 11.1 Å². The van der Waals surface area contributed by atoms with Crippen molar-refractivity contribution in [1.29, 1.82) is 0 Å². The molecule has 4 aromatic rings. The largest absolute Gasteiger partial charge is 0.339 e. The molecular formula is C24H20N4O. The lowest BCUT2D eigenvalue weighted by molar-refractivity contribution is 0.313. The summed E-state index contributed by atoms with van der Waals surface area (Å²) in [5.41, 5.74) is 4.37. The molecule has 0 radical (unpaired) electrons. The minimum atomic E-state index is 0.647. The molecule has 0 aliphatic heterocycles. The van der Waals surface area contributed by atoms with Crippen LogP contribution < -0.4 is 4.84 Å². The molecular weight excluding hydrogens is 360 g/mol. The summed E-state index contributed by atoms with van der Waals surface area (Å²) >= 11 is 0. The zero-order chi connectivity index (χ0) is 20.1. The molecule has 0 saturated heterocycles. The molecule has 29 heavy (non-hydrogen) atoms. The lowest BCUT2D eigenvalue weighted by Gasteiger charge is -2.02. The first-order valence-corrected chi connectivity index (χ1v) is 9.34. The molecule has 0 fully saturated rings. The van der Waals surface area contributed by atoms with Gasteiger partial charge in [0.25, 0.3) is 0 Å². The molecule has 5 heteroatoms. The summed E-state index contributed by atoms with van der Waals surface area (Å²) in [5.74, 6) is 0.647. The zero-order valence-corrected chi connectivity index (χ0v) is 16.3. The van der Waals surface area contributed by atoms with Crippen molar-refractivity contribution >= 4 is 27.8 Å². The minimum Gasteiger partial charge on any atom is -0.339 e. The summed E-state index contributed by atoms with van der Waals surface area (Å²) in [4.78, 5) is 5.44. The first-order valence-electron chi connectivity index (χ1n) is 9.34. The summed E-state index contributed by atoms with van der Waals surface area (Å²) in [7, 11) is 0. The van der Waals surface area contributed by atoms with Crippen LogP contribution in [-0.4, -0.2) is 0 Å². The molecule has 0 N–H and O–H groups in total. The highest BCUT2D eigenvalue weighted by molar-refractivity contribution is 5.83. The van der Waals surface area contributed by atoms with E-state index in [0.717, 1.165) is 39.0 Å². The van der Waals surface area contributed by atoms with Gasteiger partial charge in [-0.1, -0.05) is 48.5 Å². The van der Waals surface area contributed by atoms with Gasteiger partial charge < -0.3 is 4.84 Å². The number of hydrogen-bond acceptors (Lipinski definition) is 5. The molecule has 4 rings (SSSR count). The summed E-state index contributed by atoms with van der Waals surface area (Å²) in [6.45, 7) is 3.97. The van der Waals surface area contributed by atoms with Crippen LogP contribution in [0.4, 0.5) is 17.1 Å². The second-order valence-corrected chi connectivity index (χ2v) is 6.74. The maximum atomic E-state index is 5.44. The lowest BCUT2D eigenvalue weighted by Crippen LogP contribution is -1.82.